The highest BCUT2D eigenvalue weighted by molar-refractivity contribution is 14.0. The third-order valence-corrected chi connectivity index (χ3v) is 3.70. The van der Waals surface area contributed by atoms with Crippen LogP contribution in [0, 0.1) is 5.82 Å². The third kappa shape index (κ3) is 9.53. The van der Waals surface area contributed by atoms with Crippen molar-refractivity contribution in [2.24, 2.45) is 4.99 Å². The van der Waals surface area contributed by atoms with Gasteiger partial charge in [0.1, 0.15) is 30.0 Å². The maximum absolute atomic E-state index is 12.9. The molecule has 0 spiro atoms. The molecule has 10 heteroatoms. The molecule has 0 heterocycles. The predicted octanol–water partition coefficient (Wildman–Crippen LogP) is 3.54. The van der Waals surface area contributed by atoms with Crippen molar-refractivity contribution in [3.63, 3.8) is 0 Å². The summed E-state index contributed by atoms with van der Waals surface area (Å²) >= 11 is 0. The lowest BCUT2D eigenvalue weighted by Crippen LogP contribution is -2.42. The van der Waals surface area contributed by atoms with E-state index < -0.39 is 12.7 Å². The van der Waals surface area contributed by atoms with Crippen LogP contribution < -0.4 is 20.1 Å². The monoisotopic (exact) mass is 539 g/mol. The highest BCUT2D eigenvalue weighted by atomic mass is 127. The first-order valence-electron chi connectivity index (χ1n) is 9.09. The van der Waals surface area contributed by atoms with Crippen molar-refractivity contribution in [1.82, 2.24) is 10.6 Å². The van der Waals surface area contributed by atoms with Crippen LogP contribution in [-0.2, 0) is 6.54 Å². The zero-order chi connectivity index (χ0) is 21.1. The van der Waals surface area contributed by atoms with E-state index in [0.717, 1.165) is 0 Å². The summed E-state index contributed by atoms with van der Waals surface area (Å²) in [5.74, 6) is 0.545. The highest BCUT2D eigenvalue weighted by Gasteiger charge is 2.10. The van der Waals surface area contributed by atoms with Crippen LogP contribution in [0.3, 0.4) is 0 Å². The van der Waals surface area contributed by atoms with Gasteiger partial charge in [-0.3, -0.25) is 0 Å². The fraction of sp³-hybridized carbons (Fsp3) is 0.350. The highest BCUT2D eigenvalue weighted by Crippen LogP contribution is 2.20. The maximum Gasteiger partial charge on any atom is 0.387 e. The number of guanidine groups is 1. The molecule has 0 aromatic heterocycles. The van der Waals surface area contributed by atoms with Gasteiger partial charge in [0, 0.05) is 18.7 Å². The minimum absolute atomic E-state index is 0. The number of para-hydroxylation sites is 1. The molecule has 0 aliphatic carbocycles. The molecule has 2 aromatic rings. The van der Waals surface area contributed by atoms with E-state index in [-0.39, 0.29) is 55.2 Å². The lowest BCUT2D eigenvalue weighted by molar-refractivity contribution is -0.0504. The molecular formula is C20H25F3IN3O3. The van der Waals surface area contributed by atoms with E-state index >= 15 is 0 Å². The lowest BCUT2D eigenvalue weighted by atomic mass is 10.2. The van der Waals surface area contributed by atoms with Crippen molar-refractivity contribution < 1.29 is 27.8 Å². The molecule has 0 radical (unpaired) electrons. The molecule has 3 N–H and O–H groups in total. The molecule has 1 unspecified atom stereocenters. The van der Waals surface area contributed by atoms with E-state index in [2.05, 4.69) is 20.4 Å². The predicted molar refractivity (Wildman–Crippen MR) is 119 cm³/mol. The number of rotatable bonds is 10. The Kier molecular flexibility index (Phi) is 12.0. The van der Waals surface area contributed by atoms with Crippen molar-refractivity contribution in [3.05, 3.63) is 59.9 Å². The van der Waals surface area contributed by atoms with Crippen molar-refractivity contribution in [2.75, 3.05) is 19.7 Å². The molecule has 0 amide bonds. The van der Waals surface area contributed by atoms with Gasteiger partial charge < -0.3 is 25.2 Å². The number of nitrogens with zero attached hydrogens (tertiary/aromatic N) is 1. The molecule has 30 heavy (non-hydrogen) atoms. The van der Waals surface area contributed by atoms with Crippen molar-refractivity contribution >= 4 is 29.9 Å². The van der Waals surface area contributed by atoms with Crippen LogP contribution in [0.4, 0.5) is 13.2 Å². The Morgan fingerprint density at radius 2 is 1.80 bits per heavy atom. The van der Waals surface area contributed by atoms with Gasteiger partial charge in [0.05, 0.1) is 6.54 Å². The summed E-state index contributed by atoms with van der Waals surface area (Å²) < 4.78 is 47.8. The topological polar surface area (TPSA) is 75.1 Å². The Hall–Kier alpha value is -2.21. The molecule has 0 aliphatic rings. The van der Waals surface area contributed by atoms with Gasteiger partial charge in [-0.1, -0.05) is 18.2 Å². The summed E-state index contributed by atoms with van der Waals surface area (Å²) in [4.78, 5) is 4.33. The number of benzene rings is 2. The zero-order valence-electron chi connectivity index (χ0n) is 16.4. The molecule has 0 aliphatic heterocycles. The summed E-state index contributed by atoms with van der Waals surface area (Å²) in [5.41, 5.74) is 0.505. The smallest absolute Gasteiger partial charge is 0.387 e. The van der Waals surface area contributed by atoms with Gasteiger partial charge in [0.2, 0.25) is 0 Å². The Morgan fingerprint density at radius 3 is 2.47 bits per heavy atom. The largest absolute Gasteiger partial charge is 0.491 e. The molecule has 0 bridgehead atoms. The van der Waals surface area contributed by atoms with Gasteiger partial charge in [0.25, 0.3) is 0 Å². The molecule has 0 saturated heterocycles. The number of aliphatic hydroxyl groups is 1. The first-order valence-corrected chi connectivity index (χ1v) is 9.09. The molecule has 0 saturated carbocycles. The number of ether oxygens (including phenoxy) is 2. The van der Waals surface area contributed by atoms with Crippen molar-refractivity contribution in [3.8, 4) is 11.5 Å². The molecule has 2 rings (SSSR count). The standard InChI is InChI=1S/C20H24F3N3O3.HI/c1-2-24-20(25-11-14-5-3-4-6-18(14)29-19(22)23)26-12-16(27)13-28-17-9-7-15(21)8-10-17;/h3-10,16,19,27H,2,11-13H2,1H3,(H2,24,25,26);1H. The second-order valence-electron chi connectivity index (χ2n) is 5.98. The maximum atomic E-state index is 12.9. The van der Waals surface area contributed by atoms with Crippen LogP contribution in [0.1, 0.15) is 12.5 Å². The molecular weight excluding hydrogens is 514 g/mol. The number of nitrogens with one attached hydrogen (secondary N) is 2. The van der Waals surface area contributed by atoms with Crippen LogP contribution in [0.15, 0.2) is 53.5 Å². The van der Waals surface area contributed by atoms with E-state index in [4.69, 9.17) is 4.74 Å². The van der Waals surface area contributed by atoms with Gasteiger partial charge in [-0.25, -0.2) is 9.38 Å². The third-order valence-electron chi connectivity index (χ3n) is 3.70. The normalized spacial score (nSPS) is 12.1. The second-order valence-corrected chi connectivity index (χ2v) is 5.98. The molecule has 1 atom stereocenters. The van der Waals surface area contributed by atoms with Crippen LogP contribution in [0.5, 0.6) is 11.5 Å². The Bertz CT molecular complexity index is 779. The average molecular weight is 539 g/mol. The fourth-order valence-corrected chi connectivity index (χ4v) is 2.35. The van der Waals surface area contributed by atoms with Crippen LogP contribution >= 0.6 is 24.0 Å². The summed E-state index contributed by atoms with van der Waals surface area (Å²) in [6, 6.07) is 11.9. The number of hydrogen-bond acceptors (Lipinski definition) is 4. The van der Waals surface area contributed by atoms with E-state index in [1.165, 1.54) is 30.3 Å². The van der Waals surface area contributed by atoms with E-state index in [9.17, 15) is 18.3 Å². The zero-order valence-corrected chi connectivity index (χ0v) is 18.7. The number of hydrogen-bond donors (Lipinski definition) is 3. The first-order chi connectivity index (χ1) is 14.0. The summed E-state index contributed by atoms with van der Waals surface area (Å²) in [5, 5.41) is 16.0. The minimum atomic E-state index is -2.91. The van der Waals surface area contributed by atoms with Crippen LogP contribution in [0.2, 0.25) is 0 Å². The molecule has 166 valence electrons. The first kappa shape index (κ1) is 25.8. The lowest BCUT2D eigenvalue weighted by Gasteiger charge is -2.16. The van der Waals surface area contributed by atoms with Crippen LogP contribution in [-0.4, -0.2) is 43.5 Å². The number of halogens is 4. The van der Waals surface area contributed by atoms with E-state index in [0.29, 0.717) is 23.8 Å². The van der Waals surface area contributed by atoms with E-state index in [1.807, 2.05) is 6.92 Å². The molecule has 6 nitrogen and oxygen atoms in total. The van der Waals surface area contributed by atoms with Crippen molar-refractivity contribution in [1.29, 1.82) is 0 Å². The average Bonchev–Trinajstić information content (AvgIpc) is 2.70. The fourth-order valence-electron chi connectivity index (χ4n) is 2.35. The van der Waals surface area contributed by atoms with Gasteiger partial charge >= 0.3 is 6.61 Å². The SMILES string of the molecule is CCNC(=NCc1ccccc1OC(F)F)NCC(O)COc1ccc(F)cc1.I. The quantitative estimate of drug-likeness (QED) is 0.245. The Morgan fingerprint density at radius 1 is 1.10 bits per heavy atom. The summed E-state index contributed by atoms with van der Waals surface area (Å²) in [6.07, 6.45) is -0.849. The number of alkyl halides is 2. The van der Waals surface area contributed by atoms with E-state index in [1.54, 1.807) is 18.2 Å². The number of aliphatic imine (C=N–C) groups is 1. The molecule has 2 aromatic carbocycles. The second kappa shape index (κ2) is 13.9. The Balaban J connectivity index is 0.00000450. The summed E-state index contributed by atoms with van der Waals surface area (Å²) in [6.45, 7) is -0.212. The van der Waals surface area contributed by atoms with Gasteiger partial charge in [-0.2, -0.15) is 8.78 Å². The van der Waals surface area contributed by atoms with Crippen molar-refractivity contribution in [2.45, 2.75) is 26.2 Å². The van der Waals surface area contributed by atoms with Crippen LogP contribution in [0.25, 0.3) is 0 Å². The minimum Gasteiger partial charge on any atom is -0.491 e. The number of aliphatic hydroxyl groups excluding tert-OH is 1. The molecule has 0 fully saturated rings. The summed E-state index contributed by atoms with van der Waals surface area (Å²) in [7, 11) is 0. The van der Waals surface area contributed by atoms with Gasteiger partial charge in [0.15, 0.2) is 5.96 Å². The van der Waals surface area contributed by atoms with Gasteiger partial charge in [-0.05, 0) is 37.3 Å². The van der Waals surface area contributed by atoms with Gasteiger partial charge in [-0.15, -0.1) is 24.0 Å². The Labute approximate surface area is 190 Å².